The smallest absolute Gasteiger partial charge is 0.224 e. The number of carbonyl (C=O) groups excluding carboxylic acids is 1. The molecule has 7 nitrogen and oxygen atoms in total. The van der Waals surface area contributed by atoms with Crippen molar-refractivity contribution in [2.45, 2.75) is 45.6 Å². The van der Waals surface area contributed by atoms with Gasteiger partial charge in [0.2, 0.25) is 5.91 Å². The van der Waals surface area contributed by atoms with E-state index < -0.39 is 0 Å². The third kappa shape index (κ3) is 11.1. The minimum absolute atomic E-state index is 0. The van der Waals surface area contributed by atoms with E-state index in [2.05, 4.69) is 20.9 Å². The van der Waals surface area contributed by atoms with Gasteiger partial charge in [0.05, 0.1) is 0 Å². The molecule has 1 saturated heterocycles. The standard InChI is InChI=1S/C22H36N4O3.HI/c1-3-6-21(27)26-20-8-4-7-19(15-20)16-25-22(23-2)24-11-5-12-29-17-18-9-13-28-14-10-18;/h4,7-8,15,18H,3,5-6,9-14,16-17H2,1-2H3,(H,26,27)(H2,23,24,25);1H. The number of nitrogens with one attached hydrogen (secondary N) is 3. The summed E-state index contributed by atoms with van der Waals surface area (Å²) in [5, 5.41) is 9.55. The molecule has 1 aromatic rings. The zero-order valence-electron chi connectivity index (χ0n) is 18.2. The van der Waals surface area contributed by atoms with Gasteiger partial charge in [-0.15, -0.1) is 24.0 Å². The van der Waals surface area contributed by atoms with Crippen LogP contribution in [0, 0.1) is 5.92 Å². The van der Waals surface area contributed by atoms with E-state index in [0.717, 1.165) is 75.9 Å². The Morgan fingerprint density at radius 2 is 2.07 bits per heavy atom. The van der Waals surface area contributed by atoms with Gasteiger partial charge in [0.1, 0.15) is 0 Å². The van der Waals surface area contributed by atoms with Crippen molar-refractivity contribution in [2.75, 3.05) is 45.3 Å². The number of carbonyl (C=O) groups is 1. The molecule has 1 aromatic carbocycles. The molecule has 1 amide bonds. The van der Waals surface area contributed by atoms with Gasteiger partial charge in [0.15, 0.2) is 5.96 Å². The van der Waals surface area contributed by atoms with E-state index in [0.29, 0.717) is 18.9 Å². The summed E-state index contributed by atoms with van der Waals surface area (Å²) in [5.41, 5.74) is 1.91. The third-order valence-electron chi connectivity index (χ3n) is 4.82. The van der Waals surface area contributed by atoms with Crippen molar-refractivity contribution in [3.63, 3.8) is 0 Å². The second kappa shape index (κ2) is 16.3. The SMILES string of the molecule is CCCC(=O)Nc1cccc(CNC(=NC)NCCCOCC2CCOCC2)c1.I. The van der Waals surface area contributed by atoms with Crippen molar-refractivity contribution >= 4 is 41.5 Å². The number of hydrogen-bond acceptors (Lipinski definition) is 4. The summed E-state index contributed by atoms with van der Waals surface area (Å²) in [6.07, 6.45) is 4.53. The number of anilines is 1. The summed E-state index contributed by atoms with van der Waals surface area (Å²) in [7, 11) is 1.76. The van der Waals surface area contributed by atoms with Gasteiger partial charge < -0.3 is 25.4 Å². The number of aliphatic imine (C=N–C) groups is 1. The number of amides is 1. The Bertz CT molecular complexity index is 637. The van der Waals surface area contributed by atoms with Crippen LogP contribution in [-0.2, 0) is 20.8 Å². The van der Waals surface area contributed by atoms with Crippen molar-refractivity contribution in [1.29, 1.82) is 0 Å². The van der Waals surface area contributed by atoms with Crippen LogP contribution in [0.25, 0.3) is 0 Å². The topological polar surface area (TPSA) is 84.0 Å². The molecule has 1 heterocycles. The van der Waals surface area contributed by atoms with Gasteiger partial charge in [-0.25, -0.2) is 0 Å². The van der Waals surface area contributed by atoms with Crippen LogP contribution in [0.5, 0.6) is 0 Å². The molecular weight excluding hydrogens is 495 g/mol. The molecule has 2 rings (SSSR count). The Balaban J connectivity index is 0.00000450. The van der Waals surface area contributed by atoms with E-state index in [1.165, 1.54) is 0 Å². The molecule has 8 heteroatoms. The zero-order valence-corrected chi connectivity index (χ0v) is 20.6. The number of ether oxygens (including phenoxy) is 2. The fourth-order valence-corrected chi connectivity index (χ4v) is 3.16. The Morgan fingerprint density at radius 3 is 2.80 bits per heavy atom. The Hall–Kier alpha value is -1.39. The van der Waals surface area contributed by atoms with E-state index in [9.17, 15) is 4.79 Å². The molecule has 0 unspecified atom stereocenters. The highest BCUT2D eigenvalue weighted by Gasteiger charge is 2.13. The van der Waals surface area contributed by atoms with Crippen LogP contribution < -0.4 is 16.0 Å². The Labute approximate surface area is 197 Å². The first-order valence-corrected chi connectivity index (χ1v) is 10.7. The molecule has 0 radical (unpaired) electrons. The molecule has 1 fully saturated rings. The average molecular weight is 532 g/mol. The lowest BCUT2D eigenvalue weighted by atomic mass is 10.0. The van der Waals surface area contributed by atoms with Crippen LogP contribution in [0.15, 0.2) is 29.3 Å². The summed E-state index contributed by atoms with van der Waals surface area (Å²) in [6.45, 7) is 6.76. The maximum atomic E-state index is 11.7. The lowest BCUT2D eigenvalue weighted by Gasteiger charge is -2.21. The van der Waals surface area contributed by atoms with Crippen LogP contribution in [0.3, 0.4) is 0 Å². The first-order valence-electron chi connectivity index (χ1n) is 10.7. The highest BCUT2D eigenvalue weighted by Crippen LogP contribution is 2.14. The van der Waals surface area contributed by atoms with Gasteiger partial charge in [-0.2, -0.15) is 0 Å². The molecule has 0 bridgehead atoms. The van der Waals surface area contributed by atoms with Crippen LogP contribution in [0.4, 0.5) is 5.69 Å². The van der Waals surface area contributed by atoms with Gasteiger partial charge in [0, 0.05) is 58.7 Å². The molecule has 0 atom stereocenters. The first-order chi connectivity index (χ1) is 14.2. The number of guanidine groups is 1. The number of benzene rings is 1. The van der Waals surface area contributed by atoms with E-state index in [-0.39, 0.29) is 29.9 Å². The maximum absolute atomic E-state index is 11.7. The normalized spacial score (nSPS) is 14.7. The van der Waals surface area contributed by atoms with Crippen LogP contribution >= 0.6 is 24.0 Å². The fraction of sp³-hybridized carbons (Fsp3) is 0.636. The van der Waals surface area contributed by atoms with E-state index >= 15 is 0 Å². The summed E-state index contributed by atoms with van der Waals surface area (Å²) in [5.74, 6) is 1.46. The lowest BCUT2D eigenvalue weighted by molar-refractivity contribution is -0.116. The van der Waals surface area contributed by atoms with E-state index in [1.54, 1.807) is 7.05 Å². The molecule has 0 saturated carbocycles. The van der Waals surface area contributed by atoms with E-state index in [1.807, 2.05) is 31.2 Å². The van der Waals surface area contributed by atoms with Crippen LogP contribution in [0.2, 0.25) is 0 Å². The number of rotatable bonds is 11. The maximum Gasteiger partial charge on any atom is 0.224 e. The second-order valence-electron chi connectivity index (χ2n) is 7.34. The third-order valence-corrected chi connectivity index (χ3v) is 4.82. The quantitative estimate of drug-likeness (QED) is 0.176. The first kappa shape index (κ1) is 26.6. The number of halogens is 1. The summed E-state index contributed by atoms with van der Waals surface area (Å²) in [6, 6.07) is 7.87. The number of hydrogen-bond donors (Lipinski definition) is 3. The van der Waals surface area contributed by atoms with Crippen molar-refractivity contribution in [3.8, 4) is 0 Å². The molecule has 0 aromatic heterocycles. The summed E-state index contributed by atoms with van der Waals surface area (Å²) >= 11 is 0. The molecule has 30 heavy (non-hydrogen) atoms. The molecule has 1 aliphatic rings. The minimum atomic E-state index is 0. The predicted octanol–water partition coefficient (Wildman–Crippen LogP) is 3.54. The lowest BCUT2D eigenvalue weighted by Crippen LogP contribution is -2.37. The summed E-state index contributed by atoms with van der Waals surface area (Å²) in [4.78, 5) is 16.0. The van der Waals surface area contributed by atoms with Gasteiger partial charge in [-0.1, -0.05) is 19.1 Å². The predicted molar refractivity (Wildman–Crippen MR) is 133 cm³/mol. The van der Waals surface area contributed by atoms with Crippen LogP contribution in [-0.4, -0.2) is 51.9 Å². The van der Waals surface area contributed by atoms with Crippen molar-refractivity contribution in [1.82, 2.24) is 10.6 Å². The van der Waals surface area contributed by atoms with Gasteiger partial charge in [-0.05, 0) is 49.3 Å². The Kier molecular flexibility index (Phi) is 14.5. The van der Waals surface area contributed by atoms with Crippen molar-refractivity contribution in [2.24, 2.45) is 10.9 Å². The van der Waals surface area contributed by atoms with Gasteiger partial charge >= 0.3 is 0 Å². The Morgan fingerprint density at radius 1 is 1.27 bits per heavy atom. The minimum Gasteiger partial charge on any atom is -0.381 e. The highest BCUT2D eigenvalue weighted by molar-refractivity contribution is 14.0. The highest BCUT2D eigenvalue weighted by atomic mass is 127. The van der Waals surface area contributed by atoms with Crippen LogP contribution in [0.1, 0.15) is 44.6 Å². The van der Waals surface area contributed by atoms with Crippen molar-refractivity contribution in [3.05, 3.63) is 29.8 Å². The molecule has 0 spiro atoms. The summed E-state index contributed by atoms with van der Waals surface area (Å²) < 4.78 is 11.2. The van der Waals surface area contributed by atoms with Gasteiger partial charge in [0.25, 0.3) is 0 Å². The molecule has 3 N–H and O–H groups in total. The molecule has 170 valence electrons. The monoisotopic (exact) mass is 532 g/mol. The van der Waals surface area contributed by atoms with Gasteiger partial charge in [-0.3, -0.25) is 9.79 Å². The zero-order chi connectivity index (χ0) is 20.7. The average Bonchev–Trinajstić information content (AvgIpc) is 2.74. The molecule has 0 aliphatic carbocycles. The second-order valence-corrected chi connectivity index (χ2v) is 7.34. The number of nitrogens with zero attached hydrogens (tertiary/aromatic N) is 1. The van der Waals surface area contributed by atoms with Crippen molar-refractivity contribution < 1.29 is 14.3 Å². The fourth-order valence-electron chi connectivity index (χ4n) is 3.16. The molecular formula is C22H37IN4O3. The largest absolute Gasteiger partial charge is 0.381 e. The molecule has 1 aliphatic heterocycles. The van der Waals surface area contributed by atoms with E-state index in [4.69, 9.17) is 9.47 Å².